The molecular weight excluding hydrogens is 316 g/mol. The van der Waals surface area contributed by atoms with Crippen LogP contribution in [0.25, 0.3) is 0 Å². The number of halogens is 1. The van der Waals surface area contributed by atoms with Gasteiger partial charge in [0.25, 0.3) is 0 Å². The van der Waals surface area contributed by atoms with E-state index < -0.39 is 0 Å². The Kier molecular flexibility index (Phi) is 6.69. The second-order valence-corrected chi connectivity index (χ2v) is 6.21. The summed E-state index contributed by atoms with van der Waals surface area (Å²) in [5.74, 6) is 1.08. The number of carbonyl (C=O) groups excluding carboxylic acids is 1. The summed E-state index contributed by atoms with van der Waals surface area (Å²) < 4.78 is 9.72. The highest BCUT2D eigenvalue weighted by atomic mass is 35.5. The highest BCUT2D eigenvalue weighted by Gasteiger charge is 2.35. The van der Waals surface area contributed by atoms with Crippen LogP contribution in [-0.2, 0) is 9.47 Å². The van der Waals surface area contributed by atoms with E-state index >= 15 is 0 Å². The van der Waals surface area contributed by atoms with E-state index in [0.717, 1.165) is 43.8 Å². The maximum absolute atomic E-state index is 11.0. The summed E-state index contributed by atoms with van der Waals surface area (Å²) in [6.07, 6.45) is 2.14. The number of anilines is 2. The van der Waals surface area contributed by atoms with Crippen molar-refractivity contribution in [3.8, 4) is 0 Å². The molecule has 1 unspecified atom stereocenters. The molecule has 2 heterocycles. The molecule has 5 nitrogen and oxygen atoms in total. The number of methoxy groups -OCH3 is 1. The van der Waals surface area contributed by atoms with Crippen LogP contribution in [0.1, 0.15) is 16.8 Å². The number of rotatable bonds is 4. The Morgan fingerprint density at radius 3 is 2.70 bits per heavy atom. The molecule has 2 atom stereocenters. The normalized spacial score (nSPS) is 22.6. The van der Waals surface area contributed by atoms with Gasteiger partial charge >= 0.3 is 0 Å². The van der Waals surface area contributed by atoms with Crippen LogP contribution in [0.2, 0.25) is 0 Å². The molecule has 0 amide bonds. The smallest absolute Gasteiger partial charge is 0.150 e. The first-order valence-corrected chi connectivity index (χ1v) is 8.32. The Hall–Kier alpha value is -1.30. The Balaban J connectivity index is 0.000000595. The van der Waals surface area contributed by atoms with Crippen molar-refractivity contribution in [1.29, 1.82) is 0 Å². The van der Waals surface area contributed by atoms with Crippen LogP contribution in [0.15, 0.2) is 18.2 Å². The van der Waals surface area contributed by atoms with Crippen molar-refractivity contribution in [2.45, 2.75) is 12.6 Å². The molecule has 0 saturated carbocycles. The largest absolute Gasteiger partial charge is 0.388 e. The Labute approximate surface area is 143 Å². The number of fused-ring (bicyclic) bond motifs is 1. The first-order chi connectivity index (χ1) is 11.2. The lowest BCUT2D eigenvalue weighted by Crippen LogP contribution is -2.45. The van der Waals surface area contributed by atoms with Gasteiger partial charge in [-0.15, -0.1) is 11.6 Å². The molecule has 1 fully saturated rings. The first kappa shape index (κ1) is 18.0. The van der Waals surface area contributed by atoms with Gasteiger partial charge < -0.3 is 19.3 Å². The lowest BCUT2D eigenvalue weighted by atomic mass is 10.1. The van der Waals surface area contributed by atoms with Crippen molar-refractivity contribution in [1.82, 2.24) is 0 Å². The molecule has 23 heavy (non-hydrogen) atoms. The van der Waals surface area contributed by atoms with Crippen LogP contribution in [0.4, 0.5) is 11.4 Å². The van der Waals surface area contributed by atoms with Crippen LogP contribution in [0, 0.1) is 5.92 Å². The van der Waals surface area contributed by atoms with Crippen molar-refractivity contribution >= 4 is 29.3 Å². The number of nitrogens with zero attached hydrogens (tertiary/aromatic N) is 2. The van der Waals surface area contributed by atoms with E-state index in [0.29, 0.717) is 17.4 Å². The molecule has 0 spiro atoms. The Morgan fingerprint density at radius 2 is 2.13 bits per heavy atom. The van der Waals surface area contributed by atoms with E-state index in [1.165, 1.54) is 0 Å². The summed E-state index contributed by atoms with van der Waals surface area (Å²) in [7, 11) is 5.30. The number of benzene rings is 1. The minimum absolute atomic E-state index is 0.147. The second kappa shape index (κ2) is 8.52. The summed E-state index contributed by atoms with van der Waals surface area (Å²) >= 11 is 6.16. The summed E-state index contributed by atoms with van der Waals surface area (Å²) in [5.41, 5.74) is 2.95. The molecule has 2 aliphatic heterocycles. The minimum atomic E-state index is 0.147. The van der Waals surface area contributed by atoms with E-state index in [1.807, 2.05) is 18.2 Å². The van der Waals surface area contributed by atoms with Gasteiger partial charge in [0.15, 0.2) is 0 Å². The third-order valence-corrected chi connectivity index (χ3v) is 4.52. The quantitative estimate of drug-likeness (QED) is 0.622. The van der Waals surface area contributed by atoms with E-state index in [4.69, 9.17) is 16.3 Å². The van der Waals surface area contributed by atoms with Crippen molar-refractivity contribution in [2.24, 2.45) is 5.92 Å². The fraction of sp³-hybridized carbons (Fsp3) is 0.588. The van der Waals surface area contributed by atoms with Crippen LogP contribution >= 0.6 is 11.6 Å². The monoisotopic (exact) mass is 340 g/mol. The van der Waals surface area contributed by atoms with Crippen molar-refractivity contribution < 1.29 is 14.3 Å². The standard InChI is InChI=1S/C15H19ClN2O2.C2H6O/c1-17-13-3-2-11(9-19)6-14(13)18(15(17)7-16)8-12-4-5-20-10-12;1-3-2/h2-3,6,9,12,15H,4-5,7-8,10H2,1H3;1-2H3/t12-,15?;/m1./s1. The zero-order chi connectivity index (χ0) is 16.8. The number of aldehydes is 1. The SMILES string of the molecule is CN1c2ccc(C=O)cc2N(C[C@H]2CCOC2)C1CCl.COC. The van der Waals surface area contributed by atoms with Gasteiger partial charge in [0.05, 0.1) is 23.9 Å². The summed E-state index contributed by atoms with van der Waals surface area (Å²) in [4.78, 5) is 15.5. The zero-order valence-corrected chi connectivity index (χ0v) is 14.8. The third-order valence-electron chi connectivity index (χ3n) is 4.25. The van der Waals surface area contributed by atoms with Crippen LogP contribution in [0.3, 0.4) is 0 Å². The molecule has 1 aromatic rings. The van der Waals surface area contributed by atoms with E-state index in [9.17, 15) is 4.79 Å². The summed E-state index contributed by atoms with van der Waals surface area (Å²) in [6.45, 7) is 2.59. The molecule has 0 N–H and O–H groups in total. The van der Waals surface area contributed by atoms with Gasteiger partial charge in [-0.1, -0.05) is 0 Å². The summed E-state index contributed by atoms with van der Waals surface area (Å²) in [6, 6.07) is 5.82. The maximum Gasteiger partial charge on any atom is 0.150 e. The van der Waals surface area contributed by atoms with Gasteiger partial charge in [0.1, 0.15) is 12.5 Å². The van der Waals surface area contributed by atoms with Gasteiger partial charge in [-0.3, -0.25) is 4.79 Å². The van der Waals surface area contributed by atoms with E-state index in [-0.39, 0.29) is 6.17 Å². The molecule has 0 radical (unpaired) electrons. The predicted octanol–water partition coefficient (Wildman–Crippen LogP) is 2.62. The fourth-order valence-electron chi connectivity index (χ4n) is 3.08. The second-order valence-electron chi connectivity index (χ2n) is 5.90. The van der Waals surface area contributed by atoms with E-state index in [1.54, 1.807) is 14.2 Å². The molecule has 0 bridgehead atoms. The number of hydrogen-bond donors (Lipinski definition) is 0. The van der Waals surface area contributed by atoms with Gasteiger partial charge in [0, 0.05) is 45.9 Å². The van der Waals surface area contributed by atoms with Crippen LogP contribution < -0.4 is 9.80 Å². The number of alkyl halides is 1. The predicted molar refractivity (Wildman–Crippen MR) is 93.9 cm³/mol. The fourth-order valence-corrected chi connectivity index (χ4v) is 3.46. The Bertz CT molecular complexity index is 521. The molecule has 6 heteroatoms. The van der Waals surface area contributed by atoms with Crippen LogP contribution in [0.5, 0.6) is 0 Å². The molecule has 0 aromatic heterocycles. The minimum Gasteiger partial charge on any atom is -0.388 e. The molecule has 0 aliphatic carbocycles. The van der Waals surface area contributed by atoms with Gasteiger partial charge in [0.2, 0.25) is 0 Å². The van der Waals surface area contributed by atoms with Gasteiger partial charge in [-0.25, -0.2) is 0 Å². The van der Waals surface area contributed by atoms with Gasteiger partial charge in [-0.05, 0) is 24.6 Å². The molecule has 3 rings (SSSR count). The lowest BCUT2D eigenvalue weighted by molar-refractivity contribution is 0.112. The average molecular weight is 341 g/mol. The first-order valence-electron chi connectivity index (χ1n) is 7.78. The molecule has 2 aliphatic rings. The third kappa shape index (κ3) is 3.97. The topological polar surface area (TPSA) is 42.0 Å². The van der Waals surface area contributed by atoms with Gasteiger partial charge in [-0.2, -0.15) is 0 Å². The molecule has 1 saturated heterocycles. The molecule has 1 aromatic carbocycles. The zero-order valence-electron chi connectivity index (χ0n) is 14.0. The average Bonchev–Trinajstić information content (AvgIpc) is 3.15. The number of hydrogen-bond acceptors (Lipinski definition) is 5. The van der Waals surface area contributed by atoms with Crippen molar-refractivity contribution in [2.75, 3.05) is 56.7 Å². The maximum atomic E-state index is 11.0. The number of carbonyl (C=O) groups is 1. The van der Waals surface area contributed by atoms with Crippen molar-refractivity contribution in [3.63, 3.8) is 0 Å². The highest BCUT2D eigenvalue weighted by Crippen LogP contribution is 2.40. The Morgan fingerprint density at radius 1 is 1.39 bits per heavy atom. The lowest BCUT2D eigenvalue weighted by Gasteiger charge is -2.31. The highest BCUT2D eigenvalue weighted by molar-refractivity contribution is 6.18. The van der Waals surface area contributed by atoms with E-state index in [2.05, 4.69) is 21.6 Å². The van der Waals surface area contributed by atoms with Crippen molar-refractivity contribution in [3.05, 3.63) is 23.8 Å². The molecule has 128 valence electrons. The number of ether oxygens (including phenoxy) is 2. The molecular formula is C17H25ClN2O3. The summed E-state index contributed by atoms with van der Waals surface area (Å²) in [5, 5.41) is 0. The van der Waals surface area contributed by atoms with Crippen LogP contribution in [-0.4, -0.2) is 59.4 Å².